The molecular weight excluding hydrogens is 307 g/mol. The van der Waals surface area contributed by atoms with Gasteiger partial charge in [-0.1, -0.05) is 16.8 Å². The van der Waals surface area contributed by atoms with Crippen LogP contribution < -0.4 is 4.74 Å². The Morgan fingerprint density at radius 2 is 2.24 bits per heavy atom. The third-order valence-corrected chi connectivity index (χ3v) is 3.17. The number of oxime groups is 1. The zero-order valence-corrected chi connectivity index (χ0v) is 11.2. The molecule has 1 aromatic heterocycles. The predicted octanol–water partition coefficient (Wildman–Crippen LogP) is 3.47. The molecule has 0 bridgehead atoms. The normalized spacial score (nSPS) is 11.2. The predicted molar refractivity (Wildman–Crippen MR) is 70.4 cm³/mol. The van der Waals surface area contributed by atoms with Gasteiger partial charge in [0, 0.05) is 11.5 Å². The van der Waals surface area contributed by atoms with E-state index in [0.29, 0.717) is 22.0 Å². The van der Waals surface area contributed by atoms with Crippen LogP contribution in [0.15, 0.2) is 27.8 Å². The highest BCUT2D eigenvalue weighted by Gasteiger charge is 2.08. The molecule has 6 heteroatoms. The average molecular weight is 316 g/mol. The maximum atomic E-state index is 8.48. The second kappa shape index (κ2) is 4.89. The van der Waals surface area contributed by atoms with E-state index in [1.54, 1.807) is 19.2 Å². The number of nitrogens with zero attached hydrogens (tertiary/aromatic N) is 2. The van der Waals surface area contributed by atoms with Crippen LogP contribution in [-0.4, -0.2) is 23.5 Å². The van der Waals surface area contributed by atoms with Crippen LogP contribution in [0.4, 0.5) is 0 Å². The van der Waals surface area contributed by atoms with Crippen LogP contribution in [0.25, 0.3) is 10.9 Å². The first-order valence-electron chi connectivity index (χ1n) is 4.67. The van der Waals surface area contributed by atoms with Gasteiger partial charge in [0.1, 0.15) is 5.75 Å². The van der Waals surface area contributed by atoms with E-state index in [2.05, 4.69) is 26.1 Å². The molecule has 0 unspecified atom stereocenters. The van der Waals surface area contributed by atoms with Crippen molar-refractivity contribution in [1.82, 2.24) is 4.98 Å². The number of ether oxygens (including phenoxy) is 1. The summed E-state index contributed by atoms with van der Waals surface area (Å²) >= 11 is 9.50. The van der Waals surface area contributed by atoms with Crippen molar-refractivity contribution in [2.24, 2.45) is 5.16 Å². The molecule has 0 atom stereocenters. The Balaban J connectivity index is 2.73. The van der Waals surface area contributed by atoms with Gasteiger partial charge >= 0.3 is 0 Å². The molecule has 4 nitrogen and oxygen atoms in total. The van der Waals surface area contributed by atoms with Crippen molar-refractivity contribution in [3.63, 3.8) is 0 Å². The standard InChI is InChI=1S/C11H8BrClN2O2/c1-17-11-4-10-7(3-8(11)12)9(13)2-6(15-10)5-14-16/h2-5,16H,1H3. The smallest absolute Gasteiger partial charge is 0.135 e. The second-order valence-electron chi connectivity index (χ2n) is 3.28. The monoisotopic (exact) mass is 314 g/mol. The maximum Gasteiger partial charge on any atom is 0.135 e. The van der Waals surface area contributed by atoms with Crippen molar-refractivity contribution in [3.05, 3.63) is 33.4 Å². The minimum atomic E-state index is 0.481. The van der Waals surface area contributed by atoms with Gasteiger partial charge in [-0.05, 0) is 28.1 Å². The Morgan fingerprint density at radius 3 is 2.88 bits per heavy atom. The molecule has 0 radical (unpaired) electrons. The molecule has 88 valence electrons. The largest absolute Gasteiger partial charge is 0.495 e. The van der Waals surface area contributed by atoms with Crippen molar-refractivity contribution in [2.45, 2.75) is 0 Å². The first-order valence-corrected chi connectivity index (χ1v) is 5.84. The second-order valence-corrected chi connectivity index (χ2v) is 4.54. The molecule has 0 spiro atoms. The summed E-state index contributed by atoms with van der Waals surface area (Å²) in [7, 11) is 1.58. The van der Waals surface area contributed by atoms with Crippen LogP contribution in [0.3, 0.4) is 0 Å². The minimum absolute atomic E-state index is 0.481. The molecule has 0 aliphatic carbocycles. The molecular formula is C11H8BrClN2O2. The van der Waals surface area contributed by atoms with E-state index in [1.165, 1.54) is 6.21 Å². The van der Waals surface area contributed by atoms with E-state index in [4.69, 9.17) is 21.5 Å². The first kappa shape index (κ1) is 12.1. The third kappa shape index (κ3) is 2.35. The molecule has 2 aromatic rings. The fourth-order valence-electron chi connectivity index (χ4n) is 1.49. The number of hydrogen-bond donors (Lipinski definition) is 1. The summed E-state index contributed by atoms with van der Waals surface area (Å²) in [5, 5.41) is 12.7. The van der Waals surface area contributed by atoms with Gasteiger partial charge < -0.3 is 9.94 Å². The Bertz CT molecular complexity index is 602. The van der Waals surface area contributed by atoms with E-state index in [0.717, 1.165) is 9.86 Å². The molecule has 1 N–H and O–H groups in total. The van der Waals surface area contributed by atoms with Gasteiger partial charge in [-0.3, -0.25) is 0 Å². The Morgan fingerprint density at radius 1 is 1.47 bits per heavy atom. The van der Waals surface area contributed by atoms with E-state index in [1.807, 2.05) is 6.07 Å². The summed E-state index contributed by atoms with van der Waals surface area (Å²) in [6, 6.07) is 5.23. The Kier molecular flexibility index (Phi) is 3.49. The quantitative estimate of drug-likeness (QED) is 0.524. The molecule has 2 rings (SSSR count). The highest BCUT2D eigenvalue weighted by molar-refractivity contribution is 9.10. The Labute approximate surface area is 111 Å². The summed E-state index contributed by atoms with van der Waals surface area (Å²) in [5.41, 5.74) is 1.15. The lowest BCUT2D eigenvalue weighted by atomic mass is 10.2. The van der Waals surface area contributed by atoms with Crippen LogP contribution in [-0.2, 0) is 0 Å². The number of hydrogen-bond acceptors (Lipinski definition) is 4. The number of benzene rings is 1. The number of pyridine rings is 1. The molecule has 17 heavy (non-hydrogen) atoms. The lowest BCUT2D eigenvalue weighted by molar-refractivity contribution is 0.321. The van der Waals surface area contributed by atoms with Crippen LogP contribution in [0.1, 0.15) is 5.69 Å². The summed E-state index contributed by atoms with van der Waals surface area (Å²) < 4.78 is 5.99. The molecule has 0 saturated heterocycles. The summed E-state index contributed by atoms with van der Waals surface area (Å²) in [4.78, 5) is 4.28. The Hall–Kier alpha value is -1.33. The van der Waals surface area contributed by atoms with Crippen LogP contribution in [0.5, 0.6) is 5.75 Å². The molecule has 0 fully saturated rings. The summed E-state index contributed by atoms with van der Waals surface area (Å²) in [5.74, 6) is 0.666. The topological polar surface area (TPSA) is 54.7 Å². The lowest BCUT2D eigenvalue weighted by Crippen LogP contribution is -1.92. The molecule has 1 aromatic carbocycles. The zero-order chi connectivity index (χ0) is 12.4. The minimum Gasteiger partial charge on any atom is -0.495 e. The average Bonchev–Trinajstić information content (AvgIpc) is 2.30. The number of halogens is 2. The van der Waals surface area contributed by atoms with Gasteiger partial charge in [0.05, 0.1) is 34.0 Å². The number of aromatic nitrogens is 1. The van der Waals surface area contributed by atoms with Gasteiger partial charge in [0.2, 0.25) is 0 Å². The maximum absolute atomic E-state index is 8.48. The number of rotatable bonds is 2. The molecule has 0 amide bonds. The van der Waals surface area contributed by atoms with Crippen molar-refractivity contribution in [1.29, 1.82) is 0 Å². The highest BCUT2D eigenvalue weighted by Crippen LogP contribution is 2.32. The van der Waals surface area contributed by atoms with Gasteiger partial charge in [-0.2, -0.15) is 0 Å². The zero-order valence-electron chi connectivity index (χ0n) is 8.82. The third-order valence-electron chi connectivity index (χ3n) is 2.24. The van der Waals surface area contributed by atoms with E-state index >= 15 is 0 Å². The van der Waals surface area contributed by atoms with Crippen molar-refractivity contribution in [2.75, 3.05) is 7.11 Å². The van der Waals surface area contributed by atoms with Gasteiger partial charge in [-0.15, -0.1) is 0 Å². The van der Waals surface area contributed by atoms with E-state index < -0.39 is 0 Å². The molecule has 1 heterocycles. The molecule has 0 aliphatic heterocycles. The van der Waals surface area contributed by atoms with Gasteiger partial charge in [0.15, 0.2) is 0 Å². The van der Waals surface area contributed by atoms with Crippen LogP contribution in [0.2, 0.25) is 5.02 Å². The van der Waals surface area contributed by atoms with Crippen LogP contribution >= 0.6 is 27.5 Å². The SMILES string of the molecule is COc1cc2nc(C=NO)cc(Cl)c2cc1Br. The molecule has 0 aliphatic rings. The van der Waals surface area contributed by atoms with E-state index in [9.17, 15) is 0 Å². The van der Waals surface area contributed by atoms with Crippen molar-refractivity contribution in [3.8, 4) is 5.75 Å². The lowest BCUT2D eigenvalue weighted by Gasteiger charge is -2.07. The fraction of sp³-hybridized carbons (Fsp3) is 0.0909. The van der Waals surface area contributed by atoms with Gasteiger partial charge in [0.25, 0.3) is 0 Å². The van der Waals surface area contributed by atoms with E-state index in [-0.39, 0.29) is 0 Å². The summed E-state index contributed by atoms with van der Waals surface area (Å²) in [6.07, 6.45) is 1.22. The van der Waals surface area contributed by atoms with Gasteiger partial charge in [-0.25, -0.2) is 4.98 Å². The summed E-state index contributed by atoms with van der Waals surface area (Å²) in [6.45, 7) is 0. The number of methoxy groups -OCH3 is 1. The number of fused-ring (bicyclic) bond motifs is 1. The van der Waals surface area contributed by atoms with Crippen LogP contribution in [0, 0.1) is 0 Å². The molecule has 0 saturated carbocycles. The van der Waals surface area contributed by atoms with Crippen molar-refractivity contribution < 1.29 is 9.94 Å². The first-order chi connectivity index (χ1) is 8.15. The van der Waals surface area contributed by atoms with Crippen molar-refractivity contribution >= 4 is 44.6 Å². The fourth-order valence-corrected chi connectivity index (χ4v) is 2.26. The highest BCUT2D eigenvalue weighted by atomic mass is 79.9.